The van der Waals surface area contributed by atoms with Gasteiger partial charge in [-0.2, -0.15) is 4.31 Å². The molecule has 1 fully saturated rings. The van der Waals surface area contributed by atoms with E-state index in [0.717, 1.165) is 11.3 Å². The van der Waals surface area contributed by atoms with Crippen LogP contribution in [0.2, 0.25) is 0 Å². The molecule has 1 saturated heterocycles. The Labute approximate surface area is 130 Å². The van der Waals surface area contributed by atoms with E-state index in [1.165, 1.54) is 17.5 Å². The Morgan fingerprint density at radius 3 is 2.90 bits per heavy atom. The van der Waals surface area contributed by atoms with Crippen molar-refractivity contribution in [2.75, 3.05) is 26.7 Å². The molecule has 20 heavy (non-hydrogen) atoms. The third-order valence-corrected chi connectivity index (χ3v) is 7.09. The first-order valence-electron chi connectivity index (χ1n) is 5.97. The van der Waals surface area contributed by atoms with Crippen LogP contribution in [0.3, 0.4) is 0 Å². The Balaban J connectivity index is 2.34. The van der Waals surface area contributed by atoms with Crippen LogP contribution in [0.5, 0.6) is 0 Å². The summed E-state index contributed by atoms with van der Waals surface area (Å²) in [6.07, 6.45) is 0. The number of carbonyl (C=O) groups is 1. The summed E-state index contributed by atoms with van der Waals surface area (Å²) in [6.45, 7) is 3.39. The van der Waals surface area contributed by atoms with Crippen molar-refractivity contribution in [1.29, 1.82) is 0 Å². The van der Waals surface area contributed by atoms with Crippen LogP contribution < -0.4 is 5.32 Å². The van der Waals surface area contributed by atoms with Crippen molar-refractivity contribution in [2.45, 2.75) is 17.9 Å². The third-order valence-electron chi connectivity index (χ3n) is 2.99. The van der Waals surface area contributed by atoms with E-state index in [1.807, 2.05) is 6.92 Å². The van der Waals surface area contributed by atoms with Crippen molar-refractivity contribution in [1.82, 2.24) is 9.62 Å². The predicted molar refractivity (Wildman–Crippen MR) is 79.6 cm³/mol. The second-order valence-corrected chi connectivity index (χ2v) is 8.73. The van der Waals surface area contributed by atoms with Crippen LogP contribution in [0.25, 0.3) is 0 Å². The fourth-order valence-corrected chi connectivity index (χ4v) is 5.95. The molecule has 1 aromatic heterocycles. The van der Waals surface area contributed by atoms with Crippen LogP contribution >= 0.6 is 27.3 Å². The van der Waals surface area contributed by atoms with Crippen molar-refractivity contribution < 1.29 is 17.9 Å². The first-order valence-corrected chi connectivity index (χ1v) is 9.02. The van der Waals surface area contributed by atoms with Gasteiger partial charge in [-0.25, -0.2) is 13.2 Å². The normalized spacial score (nSPS) is 20.9. The standard InChI is InChI=1S/C11H15BrN2O4S2/c1-7-6-14(4-3-13-7)20(16,17)9-5-8(11(15)18-2)19-10(9)12/h5,7,13H,3-4,6H2,1-2H3/t7-/m0/s1. The number of hydrogen-bond acceptors (Lipinski definition) is 6. The van der Waals surface area contributed by atoms with Gasteiger partial charge in [-0.15, -0.1) is 11.3 Å². The molecule has 0 aromatic carbocycles. The summed E-state index contributed by atoms with van der Waals surface area (Å²) < 4.78 is 31.7. The van der Waals surface area contributed by atoms with Gasteiger partial charge in [0.15, 0.2) is 0 Å². The largest absolute Gasteiger partial charge is 0.465 e. The van der Waals surface area contributed by atoms with Gasteiger partial charge in [-0.05, 0) is 28.9 Å². The molecule has 0 aliphatic carbocycles. The molecule has 112 valence electrons. The van der Waals surface area contributed by atoms with Crippen LogP contribution in [-0.2, 0) is 14.8 Å². The molecule has 0 spiro atoms. The van der Waals surface area contributed by atoms with Crippen LogP contribution in [0.4, 0.5) is 0 Å². The number of nitrogens with one attached hydrogen (secondary N) is 1. The lowest BCUT2D eigenvalue weighted by atomic mass is 10.3. The number of carbonyl (C=O) groups excluding carboxylic acids is 1. The number of hydrogen-bond donors (Lipinski definition) is 1. The molecule has 1 atom stereocenters. The van der Waals surface area contributed by atoms with Gasteiger partial charge in [0.05, 0.1) is 10.9 Å². The molecular formula is C11H15BrN2O4S2. The molecule has 2 rings (SSSR count). The molecule has 0 unspecified atom stereocenters. The van der Waals surface area contributed by atoms with Crippen molar-refractivity contribution in [2.24, 2.45) is 0 Å². The molecule has 1 aliphatic rings. The molecule has 0 radical (unpaired) electrons. The van der Waals surface area contributed by atoms with Crippen molar-refractivity contribution in [3.05, 3.63) is 14.7 Å². The zero-order valence-corrected chi connectivity index (χ0v) is 14.3. The molecule has 0 bridgehead atoms. The molecule has 9 heteroatoms. The van der Waals surface area contributed by atoms with Gasteiger partial charge in [0, 0.05) is 25.7 Å². The van der Waals surface area contributed by atoms with Gasteiger partial charge in [0.25, 0.3) is 0 Å². The number of rotatable bonds is 3. The Morgan fingerprint density at radius 1 is 1.60 bits per heavy atom. The summed E-state index contributed by atoms with van der Waals surface area (Å²) in [5.41, 5.74) is 0. The molecule has 6 nitrogen and oxygen atoms in total. The highest BCUT2D eigenvalue weighted by atomic mass is 79.9. The second kappa shape index (κ2) is 6.10. The van der Waals surface area contributed by atoms with E-state index < -0.39 is 16.0 Å². The summed E-state index contributed by atoms with van der Waals surface area (Å²) in [5, 5.41) is 3.19. The number of methoxy groups -OCH3 is 1. The Morgan fingerprint density at radius 2 is 2.30 bits per heavy atom. The quantitative estimate of drug-likeness (QED) is 0.796. The van der Waals surface area contributed by atoms with E-state index in [-0.39, 0.29) is 15.8 Å². The summed E-state index contributed by atoms with van der Waals surface area (Å²) >= 11 is 4.28. The lowest BCUT2D eigenvalue weighted by Crippen LogP contribution is -2.51. The van der Waals surface area contributed by atoms with Crippen LogP contribution in [0.15, 0.2) is 14.7 Å². The van der Waals surface area contributed by atoms with E-state index in [9.17, 15) is 13.2 Å². The third kappa shape index (κ3) is 3.06. The zero-order valence-electron chi connectivity index (χ0n) is 11.1. The Bertz CT molecular complexity index is 614. The minimum atomic E-state index is -3.60. The van der Waals surface area contributed by atoms with Gasteiger partial charge in [-0.3, -0.25) is 0 Å². The Hall–Kier alpha value is -0.480. The highest BCUT2D eigenvalue weighted by Gasteiger charge is 2.32. The predicted octanol–water partition coefficient (Wildman–Crippen LogP) is 1.28. The maximum atomic E-state index is 12.6. The minimum absolute atomic E-state index is 0.107. The molecule has 0 amide bonds. The van der Waals surface area contributed by atoms with E-state index in [2.05, 4.69) is 26.0 Å². The van der Waals surface area contributed by atoms with Gasteiger partial charge in [-0.1, -0.05) is 0 Å². The van der Waals surface area contributed by atoms with Crippen molar-refractivity contribution in [3.63, 3.8) is 0 Å². The number of halogens is 1. The van der Waals surface area contributed by atoms with Crippen molar-refractivity contribution >= 4 is 43.3 Å². The number of ether oxygens (including phenoxy) is 1. The van der Waals surface area contributed by atoms with E-state index >= 15 is 0 Å². The number of nitrogens with zero attached hydrogens (tertiary/aromatic N) is 1. The Kier molecular flexibility index (Phi) is 4.85. The molecule has 1 N–H and O–H groups in total. The van der Waals surface area contributed by atoms with Crippen molar-refractivity contribution in [3.8, 4) is 0 Å². The van der Waals surface area contributed by atoms with Crippen LogP contribution in [0, 0.1) is 0 Å². The van der Waals surface area contributed by atoms with E-state index in [0.29, 0.717) is 23.4 Å². The van der Waals surface area contributed by atoms with E-state index in [1.54, 1.807) is 0 Å². The lowest BCUT2D eigenvalue weighted by molar-refractivity contribution is 0.0606. The summed E-state index contributed by atoms with van der Waals surface area (Å²) in [4.78, 5) is 11.9. The number of esters is 1. The average molecular weight is 383 g/mol. The smallest absolute Gasteiger partial charge is 0.348 e. The van der Waals surface area contributed by atoms with Crippen LogP contribution in [0.1, 0.15) is 16.6 Å². The average Bonchev–Trinajstić information content (AvgIpc) is 2.80. The topological polar surface area (TPSA) is 75.7 Å². The summed E-state index contributed by atoms with van der Waals surface area (Å²) in [6, 6.07) is 1.47. The first-order chi connectivity index (χ1) is 9.36. The summed E-state index contributed by atoms with van der Waals surface area (Å²) in [7, 11) is -2.33. The van der Waals surface area contributed by atoms with Gasteiger partial charge in [0.2, 0.25) is 10.0 Å². The number of thiophene rings is 1. The SMILES string of the molecule is COC(=O)c1cc(S(=O)(=O)N2CCN[C@@H](C)C2)c(Br)s1. The highest BCUT2D eigenvalue weighted by Crippen LogP contribution is 2.34. The highest BCUT2D eigenvalue weighted by molar-refractivity contribution is 9.11. The molecular weight excluding hydrogens is 368 g/mol. The summed E-state index contributed by atoms with van der Waals surface area (Å²) in [5.74, 6) is -0.536. The fourth-order valence-electron chi connectivity index (χ4n) is 1.98. The number of piperazine rings is 1. The molecule has 0 saturated carbocycles. The molecule has 1 aliphatic heterocycles. The van der Waals surface area contributed by atoms with Gasteiger partial charge >= 0.3 is 5.97 Å². The monoisotopic (exact) mass is 382 g/mol. The maximum Gasteiger partial charge on any atom is 0.348 e. The van der Waals surface area contributed by atoms with E-state index in [4.69, 9.17) is 0 Å². The number of sulfonamides is 1. The fraction of sp³-hybridized carbons (Fsp3) is 0.545. The minimum Gasteiger partial charge on any atom is -0.465 e. The molecule has 2 heterocycles. The lowest BCUT2D eigenvalue weighted by Gasteiger charge is -2.30. The van der Waals surface area contributed by atoms with Gasteiger partial charge < -0.3 is 10.1 Å². The second-order valence-electron chi connectivity index (χ2n) is 4.46. The zero-order chi connectivity index (χ0) is 14.9. The molecule has 1 aromatic rings. The van der Waals surface area contributed by atoms with Gasteiger partial charge in [0.1, 0.15) is 9.77 Å². The first kappa shape index (κ1) is 15.9. The maximum absolute atomic E-state index is 12.6. The van der Waals surface area contributed by atoms with Crippen LogP contribution in [-0.4, -0.2) is 51.5 Å².